The number of non-ortho nitro benzene ring substituents is 1. The third kappa shape index (κ3) is 3.84. The van der Waals surface area contributed by atoms with E-state index >= 15 is 0 Å². The molecule has 34 heavy (non-hydrogen) atoms. The lowest BCUT2D eigenvalue weighted by molar-refractivity contribution is -0.384. The van der Waals surface area contributed by atoms with Crippen LogP contribution in [0.5, 0.6) is 5.75 Å². The lowest BCUT2D eigenvalue weighted by atomic mass is 9.95. The highest BCUT2D eigenvalue weighted by molar-refractivity contribution is 6.51. The Balaban J connectivity index is 1.98. The van der Waals surface area contributed by atoms with Gasteiger partial charge < -0.3 is 10.2 Å². The van der Waals surface area contributed by atoms with Crippen molar-refractivity contribution in [3.63, 3.8) is 0 Å². The van der Waals surface area contributed by atoms with Crippen LogP contribution in [-0.2, 0) is 9.59 Å². The third-order valence-electron chi connectivity index (χ3n) is 5.24. The fraction of sp³-hybridized carbons (Fsp3) is 0.0435. The van der Waals surface area contributed by atoms with Gasteiger partial charge in [0.1, 0.15) is 11.5 Å². The maximum absolute atomic E-state index is 14.0. The van der Waals surface area contributed by atoms with Gasteiger partial charge in [-0.2, -0.15) is 0 Å². The zero-order chi connectivity index (χ0) is 24.7. The van der Waals surface area contributed by atoms with Crippen molar-refractivity contribution in [2.75, 3.05) is 4.90 Å². The van der Waals surface area contributed by atoms with Crippen LogP contribution in [0.4, 0.5) is 20.2 Å². The minimum atomic E-state index is -1.37. The molecule has 172 valence electrons. The van der Waals surface area contributed by atoms with Gasteiger partial charge in [-0.3, -0.25) is 24.6 Å². The number of nitrogens with zero attached hydrogens (tertiary/aromatic N) is 2. The summed E-state index contributed by atoms with van der Waals surface area (Å²) in [4.78, 5) is 37.3. The number of carbonyl (C=O) groups is 2. The van der Waals surface area contributed by atoms with Crippen molar-refractivity contribution in [2.24, 2.45) is 0 Å². The van der Waals surface area contributed by atoms with Crippen molar-refractivity contribution in [1.29, 1.82) is 0 Å². The molecule has 3 aromatic carbocycles. The maximum atomic E-state index is 14.0. The summed E-state index contributed by atoms with van der Waals surface area (Å²) in [5.41, 5.74) is -0.987. The number of anilines is 1. The van der Waals surface area contributed by atoms with Crippen molar-refractivity contribution in [3.8, 4) is 5.75 Å². The summed E-state index contributed by atoms with van der Waals surface area (Å²) >= 11 is 6.00. The topological polar surface area (TPSA) is 121 Å². The molecule has 1 amide bonds. The minimum absolute atomic E-state index is 0.118. The van der Waals surface area contributed by atoms with E-state index in [2.05, 4.69) is 0 Å². The Hall–Kier alpha value is -4.31. The second-order valence-electron chi connectivity index (χ2n) is 7.29. The Bertz CT molecular complexity index is 1410. The highest BCUT2D eigenvalue weighted by atomic mass is 35.5. The van der Waals surface area contributed by atoms with Gasteiger partial charge >= 0.3 is 0 Å². The van der Waals surface area contributed by atoms with E-state index in [0.29, 0.717) is 6.07 Å². The van der Waals surface area contributed by atoms with Gasteiger partial charge in [-0.25, -0.2) is 8.78 Å². The van der Waals surface area contributed by atoms with Gasteiger partial charge in [0.25, 0.3) is 17.4 Å². The van der Waals surface area contributed by atoms with Crippen molar-refractivity contribution in [3.05, 3.63) is 104 Å². The summed E-state index contributed by atoms with van der Waals surface area (Å²) in [7, 11) is 0. The molecule has 1 aliphatic heterocycles. The fourth-order valence-corrected chi connectivity index (χ4v) is 3.85. The van der Waals surface area contributed by atoms with E-state index in [1.807, 2.05) is 0 Å². The Morgan fingerprint density at radius 2 is 1.76 bits per heavy atom. The number of hydrogen-bond donors (Lipinski definition) is 2. The molecular formula is C23H13ClF2N2O6. The summed E-state index contributed by atoms with van der Waals surface area (Å²) in [5.74, 6) is -5.80. The van der Waals surface area contributed by atoms with E-state index in [1.54, 1.807) is 0 Å². The smallest absolute Gasteiger partial charge is 0.300 e. The van der Waals surface area contributed by atoms with Crippen LogP contribution >= 0.6 is 11.6 Å². The number of aliphatic hydroxyl groups is 1. The Morgan fingerprint density at radius 1 is 1.03 bits per heavy atom. The van der Waals surface area contributed by atoms with Crippen LogP contribution in [0.2, 0.25) is 5.02 Å². The second-order valence-corrected chi connectivity index (χ2v) is 7.69. The molecule has 11 heteroatoms. The lowest BCUT2D eigenvalue weighted by Gasteiger charge is -2.25. The van der Waals surface area contributed by atoms with Crippen LogP contribution < -0.4 is 4.90 Å². The summed E-state index contributed by atoms with van der Waals surface area (Å²) in [6, 6.07) is 9.71. The Kier molecular flexibility index (Phi) is 5.76. The molecular weight excluding hydrogens is 474 g/mol. The SMILES string of the molecule is O=C1C(=O)N(c2ccc(F)c(F)c2)C(c2ccc(O)c(Cl)c2)/C1=C(\O)c1cccc([N+](=O)[O-])c1. The average Bonchev–Trinajstić information content (AvgIpc) is 3.07. The molecule has 3 aromatic rings. The largest absolute Gasteiger partial charge is 0.507 e. The van der Waals surface area contributed by atoms with E-state index in [1.165, 1.54) is 36.4 Å². The number of nitro benzene ring substituents is 1. The average molecular weight is 487 g/mol. The number of aliphatic hydroxyl groups excluding tert-OH is 1. The number of rotatable bonds is 4. The van der Waals surface area contributed by atoms with E-state index in [-0.39, 0.29) is 33.3 Å². The van der Waals surface area contributed by atoms with Crippen molar-refractivity contribution in [1.82, 2.24) is 0 Å². The standard InChI is InChI=1S/C23H13ClF2N2O6/c24-15-9-11(4-7-18(15)29)20-19(21(30)12-2-1-3-14(8-12)28(33)34)22(31)23(32)27(20)13-5-6-16(25)17(26)10-13/h1-10,20,29-30H/b21-19+. The zero-order valence-corrected chi connectivity index (χ0v) is 17.7. The quantitative estimate of drug-likeness (QED) is 0.179. The van der Waals surface area contributed by atoms with Crippen LogP contribution in [0.15, 0.2) is 66.2 Å². The first-order valence-electron chi connectivity index (χ1n) is 9.59. The zero-order valence-electron chi connectivity index (χ0n) is 16.9. The van der Waals surface area contributed by atoms with Crippen molar-refractivity contribution < 1.29 is 33.5 Å². The molecule has 2 N–H and O–H groups in total. The van der Waals surface area contributed by atoms with E-state index in [0.717, 1.165) is 23.1 Å². The number of phenols is 1. The number of Topliss-reactive ketones (excluding diaryl/α,β-unsaturated/α-hetero) is 1. The number of amides is 1. The van der Waals surface area contributed by atoms with Gasteiger partial charge in [-0.05, 0) is 29.8 Å². The molecule has 0 spiro atoms. The third-order valence-corrected chi connectivity index (χ3v) is 5.55. The first kappa shape index (κ1) is 22.9. The fourth-order valence-electron chi connectivity index (χ4n) is 3.66. The molecule has 8 nitrogen and oxygen atoms in total. The predicted octanol–water partition coefficient (Wildman–Crippen LogP) is 4.86. The molecule has 0 aromatic heterocycles. The number of benzene rings is 3. The number of halogens is 3. The van der Waals surface area contributed by atoms with E-state index < -0.39 is 45.6 Å². The van der Waals surface area contributed by atoms with Crippen LogP contribution in [0, 0.1) is 21.7 Å². The van der Waals surface area contributed by atoms with Gasteiger partial charge in [0.05, 0.1) is 21.6 Å². The molecule has 0 radical (unpaired) electrons. The van der Waals surface area contributed by atoms with Gasteiger partial charge in [0.2, 0.25) is 0 Å². The molecule has 0 aliphatic carbocycles. The Morgan fingerprint density at radius 3 is 2.41 bits per heavy atom. The number of carbonyl (C=O) groups excluding carboxylic acids is 2. The highest BCUT2D eigenvalue weighted by Crippen LogP contribution is 2.43. The number of nitro groups is 1. The number of hydrogen-bond acceptors (Lipinski definition) is 6. The van der Waals surface area contributed by atoms with Crippen LogP contribution in [0.1, 0.15) is 17.2 Å². The van der Waals surface area contributed by atoms with Crippen molar-refractivity contribution >= 4 is 40.4 Å². The monoisotopic (exact) mass is 486 g/mol. The molecule has 1 fully saturated rings. The van der Waals surface area contributed by atoms with Gasteiger partial charge in [0.15, 0.2) is 11.6 Å². The molecule has 1 saturated heterocycles. The number of aromatic hydroxyl groups is 1. The molecule has 1 atom stereocenters. The van der Waals surface area contributed by atoms with Crippen LogP contribution in [0.3, 0.4) is 0 Å². The lowest BCUT2D eigenvalue weighted by Crippen LogP contribution is -2.29. The van der Waals surface area contributed by atoms with E-state index in [4.69, 9.17) is 11.6 Å². The first-order valence-corrected chi connectivity index (χ1v) is 9.97. The predicted molar refractivity (Wildman–Crippen MR) is 117 cm³/mol. The second kappa shape index (κ2) is 8.56. The van der Waals surface area contributed by atoms with Crippen LogP contribution in [-0.4, -0.2) is 26.8 Å². The number of phenolic OH excluding ortho intramolecular Hbond substituents is 1. The van der Waals surface area contributed by atoms with Gasteiger partial charge in [-0.1, -0.05) is 29.8 Å². The normalized spacial score (nSPS) is 17.3. The summed E-state index contributed by atoms with van der Waals surface area (Å²) in [5, 5.41) is 31.8. The molecule has 4 rings (SSSR count). The Labute approximate surface area is 195 Å². The molecule has 1 unspecified atom stereocenters. The summed E-state index contributed by atoms with van der Waals surface area (Å²) in [6.45, 7) is 0. The highest BCUT2D eigenvalue weighted by Gasteiger charge is 2.47. The van der Waals surface area contributed by atoms with Gasteiger partial charge in [-0.15, -0.1) is 0 Å². The maximum Gasteiger partial charge on any atom is 0.300 e. The summed E-state index contributed by atoms with van der Waals surface area (Å²) < 4.78 is 27.5. The van der Waals surface area contributed by atoms with Crippen molar-refractivity contribution in [2.45, 2.75) is 6.04 Å². The van der Waals surface area contributed by atoms with Gasteiger partial charge in [0, 0.05) is 29.4 Å². The number of ketones is 1. The molecule has 0 saturated carbocycles. The summed E-state index contributed by atoms with van der Waals surface area (Å²) in [6.07, 6.45) is 0. The van der Waals surface area contributed by atoms with Crippen LogP contribution in [0.25, 0.3) is 5.76 Å². The first-order chi connectivity index (χ1) is 16.1. The molecule has 1 heterocycles. The van der Waals surface area contributed by atoms with E-state index in [9.17, 15) is 38.7 Å². The molecule has 1 aliphatic rings. The minimum Gasteiger partial charge on any atom is -0.507 e. The molecule has 0 bridgehead atoms.